The first kappa shape index (κ1) is 82.6. The average molecular weight is 1530 g/mol. The molecule has 0 spiro atoms. The summed E-state index contributed by atoms with van der Waals surface area (Å²) in [5, 5.41) is 29.1. The predicted octanol–water partition coefficient (Wildman–Crippen LogP) is 12.6. The van der Waals surface area contributed by atoms with Gasteiger partial charge in [-0.15, -0.1) is 35.8 Å². The number of amides is 4. The van der Waals surface area contributed by atoms with Crippen LogP contribution in [-0.2, 0) is 52.6 Å². The van der Waals surface area contributed by atoms with Gasteiger partial charge in [-0.1, -0.05) is 53.7 Å². The largest absolute Gasteiger partial charge is 0.497 e. The van der Waals surface area contributed by atoms with E-state index in [2.05, 4.69) is 34.4 Å². The summed E-state index contributed by atoms with van der Waals surface area (Å²) < 4.78 is 41.0. The minimum absolute atomic E-state index is 0.0111. The Bertz CT molecular complexity index is 4370. The molecule has 5 N–H and O–H groups in total. The molecule has 2 saturated heterocycles. The predicted molar refractivity (Wildman–Crippen MR) is 415 cm³/mol. The van der Waals surface area contributed by atoms with Gasteiger partial charge in [0.05, 0.1) is 81.0 Å². The molecule has 4 amide bonds. The number of anilines is 2. The second kappa shape index (κ2) is 32.8. The van der Waals surface area contributed by atoms with Crippen molar-refractivity contribution in [1.82, 2.24) is 40.4 Å². The third kappa shape index (κ3) is 19.7. The standard InChI is InChI=1S/C41H55N5O8S.C39H51N5O8S/c1-12-24-20-41(24,37(50)52-13-2)45-35(48)32-17-26(21-46(32)36(49)28(39(5,6)7)18-34(47)54-40(8,9)10)53-33-19-30(31-22-55-38(44-31)42-23(3)4)43-29-16-25(51-11)14-15-27(29)33;1-11-22-18-39(22,35(48)49)43-33(46)30-15-24(19-44(30)34(47)26(37(4,5)6)16-32(45)52-38(7,8)9)51-31-17-28(29-20-53-36(42-29)40-21(2)3)41-27-14-23(50-10)12-13-25(27)31/h12,14-16,19,22-24,26,28,32H,1,13,17-18,20-21H2,2-11H3,(H,42,44)(H,45,48);11-14,17,20-22,24,26,30H,1,15-16,18-19H2,2-10H3,(H,40,42)(H,43,46)(H,48,49)/t24-,26-,28-,32+,41-;22-,24-,26-,30+,39-/m11/s1. The van der Waals surface area contributed by atoms with E-state index in [1.54, 1.807) is 87.0 Å². The summed E-state index contributed by atoms with van der Waals surface area (Å²) in [6, 6.07) is 12.8. The summed E-state index contributed by atoms with van der Waals surface area (Å²) in [6.07, 6.45) is 2.16. The number of rotatable bonds is 27. The summed E-state index contributed by atoms with van der Waals surface area (Å²) in [6.45, 7) is 39.4. The van der Waals surface area contributed by atoms with E-state index in [1.807, 2.05) is 110 Å². The number of fused-ring (bicyclic) bond motifs is 2. The van der Waals surface area contributed by atoms with Gasteiger partial charge >= 0.3 is 23.9 Å². The fourth-order valence-corrected chi connectivity index (χ4v) is 15.2. The number of aliphatic carboxylic acids is 1. The fraction of sp³-hybridized carbons (Fsp3) is 0.550. The zero-order chi connectivity index (χ0) is 79.5. The Kier molecular flexibility index (Phi) is 25.1. The molecule has 10 rings (SSSR count). The molecule has 4 aliphatic rings. The number of methoxy groups -OCH3 is 2. The van der Waals surface area contributed by atoms with Gasteiger partial charge in [-0.2, -0.15) is 0 Å². The normalized spacial score (nSPS) is 21.7. The lowest BCUT2D eigenvalue weighted by Crippen LogP contribution is -2.55. The molecule has 28 heteroatoms. The lowest BCUT2D eigenvalue weighted by Gasteiger charge is -2.35. The lowest BCUT2D eigenvalue weighted by molar-refractivity contribution is -0.161. The van der Waals surface area contributed by atoms with Crippen LogP contribution in [-0.4, -0.2) is 175 Å². The maximum absolute atomic E-state index is 14.7. The minimum atomic E-state index is -1.50. The number of thiazole rings is 2. The number of carbonyl (C=O) groups excluding carboxylic acids is 7. The molecule has 26 nitrogen and oxygen atoms in total. The molecule has 6 aromatic rings. The number of nitrogens with one attached hydrogen (secondary N) is 4. The van der Waals surface area contributed by atoms with Gasteiger partial charge in [-0.25, -0.2) is 29.5 Å². The first-order valence-corrected chi connectivity index (χ1v) is 38.4. The van der Waals surface area contributed by atoms with Gasteiger partial charge in [0.2, 0.25) is 23.6 Å². The van der Waals surface area contributed by atoms with Crippen molar-refractivity contribution in [2.75, 3.05) is 44.5 Å². The van der Waals surface area contributed by atoms with Crippen molar-refractivity contribution in [3.05, 3.63) is 84.6 Å². The van der Waals surface area contributed by atoms with Crippen molar-refractivity contribution in [2.45, 2.75) is 215 Å². The third-order valence-electron chi connectivity index (χ3n) is 19.2. The van der Waals surface area contributed by atoms with Gasteiger partial charge in [0, 0.05) is 82.6 Å². The van der Waals surface area contributed by atoms with Crippen molar-refractivity contribution in [1.29, 1.82) is 0 Å². The number of ether oxygens (including phenoxy) is 7. The number of hydrogen-bond donors (Lipinski definition) is 5. The van der Waals surface area contributed by atoms with Gasteiger partial charge < -0.3 is 69.3 Å². The molecule has 0 unspecified atom stereocenters. The lowest BCUT2D eigenvalue weighted by atomic mass is 9.77. The Morgan fingerprint density at radius 3 is 1.31 bits per heavy atom. The van der Waals surface area contributed by atoms with Crippen molar-refractivity contribution < 1.29 is 76.6 Å². The number of carboxylic acids is 1. The molecule has 108 heavy (non-hydrogen) atoms. The fourth-order valence-electron chi connectivity index (χ4n) is 13.5. The molecule has 4 aromatic heterocycles. The second-order valence-electron chi connectivity index (χ2n) is 32.9. The van der Waals surface area contributed by atoms with E-state index in [9.17, 15) is 43.5 Å². The third-order valence-corrected chi connectivity index (χ3v) is 20.7. The second-order valence-corrected chi connectivity index (χ2v) is 34.6. The minimum Gasteiger partial charge on any atom is -0.497 e. The number of carboxylic acid groups (broad SMARTS) is 1. The van der Waals surface area contributed by atoms with E-state index in [0.717, 1.165) is 10.3 Å². The maximum Gasteiger partial charge on any atom is 0.332 e. The van der Waals surface area contributed by atoms with E-state index in [-0.39, 0.29) is 75.7 Å². The van der Waals surface area contributed by atoms with Crippen LogP contribution >= 0.6 is 22.7 Å². The van der Waals surface area contributed by atoms with Gasteiger partial charge in [0.15, 0.2) is 10.3 Å². The van der Waals surface area contributed by atoms with Crippen LogP contribution in [0.2, 0.25) is 0 Å². The van der Waals surface area contributed by atoms with E-state index in [4.69, 9.17) is 53.1 Å². The molecule has 0 bridgehead atoms. The molecule has 10 atom stereocenters. The smallest absolute Gasteiger partial charge is 0.332 e. The summed E-state index contributed by atoms with van der Waals surface area (Å²) >= 11 is 2.93. The van der Waals surface area contributed by atoms with Crippen LogP contribution in [0.3, 0.4) is 0 Å². The molecule has 6 heterocycles. The van der Waals surface area contributed by atoms with Crippen LogP contribution in [0.5, 0.6) is 23.0 Å². The highest BCUT2D eigenvalue weighted by atomic mass is 32.1. The highest BCUT2D eigenvalue weighted by molar-refractivity contribution is 7.14. The first-order valence-electron chi connectivity index (χ1n) is 36.6. The zero-order valence-electron chi connectivity index (χ0n) is 65.6. The Labute approximate surface area is 640 Å². The summed E-state index contributed by atoms with van der Waals surface area (Å²) in [5.41, 5.74) is -1.97. The van der Waals surface area contributed by atoms with Crippen molar-refractivity contribution >= 4 is 102 Å². The van der Waals surface area contributed by atoms with Gasteiger partial charge in [0.25, 0.3) is 0 Å². The molecule has 2 aliphatic heterocycles. The number of likely N-dealkylation sites (tertiary alicyclic amines) is 2. The van der Waals surface area contributed by atoms with Crippen LogP contribution in [0.25, 0.3) is 44.6 Å². The van der Waals surface area contributed by atoms with E-state index in [0.29, 0.717) is 74.0 Å². The van der Waals surface area contributed by atoms with Crippen LogP contribution in [0.1, 0.15) is 156 Å². The van der Waals surface area contributed by atoms with Crippen molar-refractivity contribution in [2.24, 2.45) is 34.5 Å². The Hall–Kier alpha value is -9.44. The number of esters is 3. The molecule has 0 radical (unpaired) electrons. The highest BCUT2D eigenvalue weighted by Gasteiger charge is 2.63. The van der Waals surface area contributed by atoms with Crippen LogP contribution in [0.4, 0.5) is 10.3 Å². The number of nitrogens with zero attached hydrogens (tertiary/aromatic N) is 6. The van der Waals surface area contributed by atoms with Crippen LogP contribution < -0.4 is 40.2 Å². The highest BCUT2D eigenvalue weighted by Crippen LogP contribution is 2.48. The van der Waals surface area contributed by atoms with Crippen LogP contribution in [0.15, 0.2) is 84.6 Å². The first-order chi connectivity index (χ1) is 50.5. The Balaban J connectivity index is 0.000000249. The van der Waals surface area contributed by atoms with E-state index < -0.39 is 117 Å². The summed E-state index contributed by atoms with van der Waals surface area (Å²) in [7, 11) is 3.16. The zero-order valence-corrected chi connectivity index (χ0v) is 67.2. The number of benzene rings is 2. The molecule has 584 valence electrons. The van der Waals surface area contributed by atoms with E-state index >= 15 is 0 Å². The van der Waals surface area contributed by atoms with Gasteiger partial charge in [-0.3, -0.25) is 28.8 Å². The van der Waals surface area contributed by atoms with Gasteiger partial charge in [0.1, 0.15) is 81.0 Å². The maximum atomic E-state index is 14.7. The summed E-state index contributed by atoms with van der Waals surface area (Å²) in [5.74, 6) is -4.95. The quantitative estimate of drug-likeness (QED) is 0.0182. The monoisotopic (exact) mass is 1530 g/mol. The number of aromatic nitrogens is 4. The van der Waals surface area contributed by atoms with E-state index in [1.165, 1.54) is 38.5 Å². The van der Waals surface area contributed by atoms with Gasteiger partial charge in [-0.05, 0) is 124 Å². The molecular formula is C80H106N10O16S2. The number of pyridine rings is 2. The van der Waals surface area contributed by atoms with Crippen molar-refractivity contribution in [3.63, 3.8) is 0 Å². The number of hydrogen-bond acceptors (Lipinski definition) is 23. The average Bonchev–Trinajstić information content (AvgIpc) is 1.58. The SMILES string of the molecule is C=C[C@@H]1C[C@]1(NC(=O)[C@@H]1C[C@@H](Oc2cc(-c3csc(NC(C)C)n3)nc3cc(OC)ccc23)CN1C(=O)[C@@H](CC(=O)OC(C)(C)C)C(C)(C)C)C(=O)O.C=C[C@@H]1C[C@]1(NC(=O)[C@@H]1C[C@@H](Oc2cc(-c3csc(NC(C)C)n3)nc3cc(OC)ccc23)CN1C(=O)[C@@H](CC(=O)OC(C)(C)C)C(C)(C)C)C(=O)OCC. The molecule has 2 aromatic carbocycles. The van der Waals surface area contributed by atoms with Crippen molar-refractivity contribution in [3.8, 4) is 45.8 Å². The van der Waals surface area contributed by atoms with Crippen LogP contribution in [0, 0.1) is 34.5 Å². The number of carbonyl (C=O) groups is 8. The molecular weight excluding hydrogens is 1420 g/mol. The molecule has 2 aliphatic carbocycles. The summed E-state index contributed by atoms with van der Waals surface area (Å²) in [4.78, 5) is 132. The molecule has 4 fully saturated rings. The Morgan fingerprint density at radius 2 is 0.972 bits per heavy atom. The topological polar surface area (TPSA) is 328 Å². The molecule has 2 saturated carbocycles. The Morgan fingerprint density at radius 1 is 0.583 bits per heavy atom.